The Morgan fingerprint density at radius 2 is 1.81 bits per heavy atom. The number of hydrogen-bond acceptors (Lipinski definition) is 3. The Morgan fingerprint density at radius 1 is 1.15 bits per heavy atom. The molecule has 0 radical (unpaired) electrons. The van der Waals surface area contributed by atoms with Gasteiger partial charge in [0.15, 0.2) is 5.60 Å². The fourth-order valence-corrected chi connectivity index (χ4v) is 2.92. The van der Waals surface area contributed by atoms with Crippen LogP contribution in [0.3, 0.4) is 0 Å². The Kier molecular flexibility index (Phi) is 5.05. The molecule has 0 spiro atoms. The number of para-hydroxylation sites is 1. The molecule has 4 heteroatoms. The number of benzene rings is 2. The van der Waals surface area contributed by atoms with Crippen LogP contribution in [0.25, 0.3) is 22.2 Å². The average Bonchev–Trinajstić information content (AvgIpc) is 2.67. The van der Waals surface area contributed by atoms with Gasteiger partial charge in [-0.2, -0.15) is 0 Å². The first kappa shape index (κ1) is 18.1. The van der Waals surface area contributed by atoms with Crippen LogP contribution in [-0.4, -0.2) is 22.0 Å². The van der Waals surface area contributed by atoms with E-state index in [4.69, 9.17) is 4.98 Å². The van der Waals surface area contributed by atoms with Crippen LogP contribution >= 0.6 is 0 Å². The van der Waals surface area contributed by atoms with Crippen LogP contribution in [0, 0.1) is 0 Å². The summed E-state index contributed by atoms with van der Waals surface area (Å²) in [6, 6.07) is 19.2. The minimum absolute atomic E-state index is 0.00401. The molecule has 0 saturated heterocycles. The molecule has 2 aromatic carbocycles. The number of fused-ring (bicyclic) bond motifs is 1. The van der Waals surface area contributed by atoms with Gasteiger partial charge in [0.25, 0.3) is 5.91 Å². The van der Waals surface area contributed by atoms with Crippen molar-refractivity contribution in [3.8, 4) is 11.3 Å². The molecule has 1 aromatic heterocycles. The molecule has 1 heterocycles. The molecule has 4 nitrogen and oxygen atoms in total. The van der Waals surface area contributed by atoms with Crippen molar-refractivity contribution in [3.63, 3.8) is 0 Å². The van der Waals surface area contributed by atoms with Gasteiger partial charge in [-0.1, -0.05) is 55.5 Å². The van der Waals surface area contributed by atoms with Crippen LogP contribution in [0.5, 0.6) is 0 Å². The summed E-state index contributed by atoms with van der Waals surface area (Å²) in [4.78, 5) is 17.5. The third-order valence-corrected chi connectivity index (χ3v) is 4.74. The van der Waals surface area contributed by atoms with Crippen LogP contribution < -0.4 is 5.32 Å². The van der Waals surface area contributed by atoms with Gasteiger partial charge in [0.2, 0.25) is 0 Å². The maximum atomic E-state index is 12.7. The maximum absolute atomic E-state index is 12.7. The molecule has 0 saturated carbocycles. The molecule has 2 unspecified atom stereocenters. The summed E-state index contributed by atoms with van der Waals surface area (Å²) in [5, 5.41) is 14.8. The van der Waals surface area contributed by atoms with E-state index in [0.29, 0.717) is 5.56 Å². The van der Waals surface area contributed by atoms with E-state index < -0.39 is 11.5 Å². The van der Waals surface area contributed by atoms with E-state index in [1.165, 1.54) is 0 Å². The van der Waals surface area contributed by atoms with Crippen LogP contribution in [-0.2, 0) is 10.4 Å². The number of carbonyl (C=O) groups excluding carboxylic acids is 1. The number of amides is 1. The van der Waals surface area contributed by atoms with E-state index in [2.05, 4.69) is 5.32 Å². The number of nitrogens with zero attached hydrogens (tertiary/aromatic N) is 1. The van der Waals surface area contributed by atoms with Crippen LogP contribution in [0.1, 0.15) is 32.8 Å². The molecular weight excluding hydrogens is 324 g/mol. The summed E-state index contributed by atoms with van der Waals surface area (Å²) < 4.78 is 0. The summed E-state index contributed by atoms with van der Waals surface area (Å²) in [6.07, 6.45) is 0.800. The lowest BCUT2D eigenvalue weighted by molar-refractivity contribution is -0.139. The van der Waals surface area contributed by atoms with E-state index in [-0.39, 0.29) is 6.04 Å². The highest BCUT2D eigenvalue weighted by atomic mass is 16.3. The zero-order chi connectivity index (χ0) is 18.7. The van der Waals surface area contributed by atoms with E-state index in [0.717, 1.165) is 28.6 Å². The zero-order valence-electron chi connectivity index (χ0n) is 15.4. The van der Waals surface area contributed by atoms with Gasteiger partial charge in [-0.15, -0.1) is 0 Å². The molecule has 0 fully saturated rings. The van der Waals surface area contributed by atoms with E-state index in [1.54, 1.807) is 6.92 Å². The van der Waals surface area contributed by atoms with Gasteiger partial charge in [0, 0.05) is 22.6 Å². The highest BCUT2D eigenvalue weighted by Gasteiger charge is 2.35. The molecule has 0 aliphatic rings. The van der Waals surface area contributed by atoms with Gasteiger partial charge in [-0.05, 0) is 32.4 Å². The number of nitrogens with one attached hydrogen (secondary N) is 1. The monoisotopic (exact) mass is 348 g/mol. The topological polar surface area (TPSA) is 62.2 Å². The maximum Gasteiger partial charge on any atom is 0.256 e. The average molecular weight is 348 g/mol. The molecule has 134 valence electrons. The number of aliphatic hydroxyl groups is 1. The van der Waals surface area contributed by atoms with Gasteiger partial charge in [0.05, 0.1) is 11.2 Å². The third kappa shape index (κ3) is 3.46. The van der Waals surface area contributed by atoms with Gasteiger partial charge >= 0.3 is 0 Å². The fraction of sp³-hybridized carbons (Fsp3) is 0.273. The normalized spacial score (nSPS) is 14.6. The predicted molar refractivity (Wildman–Crippen MR) is 105 cm³/mol. The SMILES string of the molecule is CCC(C)NC(=O)C(C)(O)c1cc(-c2ccccc2)nc2ccccc12. The van der Waals surface area contributed by atoms with Crippen molar-refractivity contribution in [3.05, 3.63) is 66.2 Å². The first-order chi connectivity index (χ1) is 12.4. The molecule has 2 atom stereocenters. The standard InChI is InChI=1S/C22H24N2O2/c1-4-15(2)23-21(25)22(3,26)18-14-20(16-10-6-5-7-11-16)24-19-13-9-8-12-17(18)19/h5-15,26H,4H2,1-3H3,(H,23,25). The quantitative estimate of drug-likeness (QED) is 0.732. The third-order valence-electron chi connectivity index (χ3n) is 4.74. The Hall–Kier alpha value is -2.72. The van der Waals surface area contributed by atoms with E-state index in [9.17, 15) is 9.90 Å². The van der Waals surface area contributed by atoms with Gasteiger partial charge in [-0.3, -0.25) is 4.79 Å². The number of aromatic nitrogens is 1. The van der Waals surface area contributed by atoms with Gasteiger partial charge in [-0.25, -0.2) is 4.98 Å². The van der Waals surface area contributed by atoms with Gasteiger partial charge < -0.3 is 10.4 Å². The fourth-order valence-electron chi connectivity index (χ4n) is 2.92. The summed E-state index contributed by atoms with van der Waals surface area (Å²) in [6.45, 7) is 5.46. The lowest BCUT2D eigenvalue weighted by Crippen LogP contribution is -2.45. The van der Waals surface area contributed by atoms with E-state index >= 15 is 0 Å². The smallest absolute Gasteiger partial charge is 0.256 e. The number of carbonyl (C=O) groups is 1. The summed E-state index contributed by atoms with van der Waals surface area (Å²) in [5.41, 5.74) is 1.33. The van der Waals surface area contributed by atoms with Crippen LogP contribution in [0.2, 0.25) is 0 Å². The molecule has 0 aliphatic carbocycles. The Morgan fingerprint density at radius 3 is 2.50 bits per heavy atom. The minimum Gasteiger partial charge on any atom is -0.376 e. The molecule has 3 rings (SSSR count). The second kappa shape index (κ2) is 7.26. The number of rotatable bonds is 5. The van der Waals surface area contributed by atoms with Crippen molar-refractivity contribution < 1.29 is 9.90 Å². The summed E-state index contributed by atoms with van der Waals surface area (Å²) in [7, 11) is 0. The molecular formula is C22H24N2O2. The Bertz CT molecular complexity index is 920. The highest BCUT2D eigenvalue weighted by molar-refractivity contribution is 5.94. The second-order valence-electron chi connectivity index (χ2n) is 6.79. The molecule has 26 heavy (non-hydrogen) atoms. The molecule has 1 amide bonds. The second-order valence-corrected chi connectivity index (χ2v) is 6.79. The number of pyridine rings is 1. The molecule has 2 N–H and O–H groups in total. The predicted octanol–water partition coefficient (Wildman–Crippen LogP) is 4.02. The van der Waals surface area contributed by atoms with Crippen molar-refractivity contribution in [2.75, 3.05) is 0 Å². The highest BCUT2D eigenvalue weighted by Crippen LogP contribution is 2.32. The first-order valence-corrected chi connectivity index (χ1v) is 8.92. The minimum atomic E-state index is -1.66. The van der Waals surface area contributed by atoms with E-state index in [1.807, 2.05) is 74.5 Å². The molecule has 0 aliphatic heterocycles. The zero-order valence-corrected chi connectivity index (χ0v) is 15.4. The summed E-state index contributed by atoms with van der Waals surface area (Å²) in [5.74, 6) is -0.401. The van der Waals surface area contributed by atoms with Gasteiger partial charge in [0.1, 0.15) is 0 Å². The van der Waals surface area contributed by atoms with Crippen molar-refractivity contribution in [1.82, 2.24) is 10.3 Å². The van der Waals surface area contributed by atoms with Crippen molar-refractivity contribution in [1.29, 1.82) is 0 Å². The van der Waals surface area contributed by atoms with Crippen LogP contribution in [0.15, 0.2) is 60.7 Å². The largest absolute Gasteiger partial charge is 0.376 e. The molecule has 3 aromatic rings. The number of hydrogen-bond donors (Lipinski definition) is 2. The first-order valence-electron chi connectivity index (χ1n) is 8.92. The van der Waals surface area contributed by atoms with Crippen LogP contribution in [0.4, 0.5) is 0 Å². The van der Waals surface area contributed by atoms with Crippen molar-refractivity contribution in [2.24, 2.45) is 0 Å². The Balaban J connectivity index is 2.16. The van der Waals surface area contributed by atoms with Crippen molar-refractivity contribution in [2.45, 2.75) is 38.8 Å². The lowest BCUT2D eigenvalue weighted by atomic mass is 9.90. The molecule has 0 bridgehead atoms. The lowest BCUT2D eigenvalue weighted by Gasteiger charge is -2.26. The Labute approximate surface area is 153 Å². The summed E-state index contributed by atoms with van der Waals surface area (Å²) >= 11 is 0. The van der Waals surface area contributed by atoms with Crippen molar-refractivity contribution >= 4 is 16.8 Å².